The van der Waals surface area contributed by atoms with Crippen LogP contribution in [0.15, 0.2) is 42.6 Å². The summed E-state index contributed by atoms with van der Waals surface area (Å²) >= 11 is 0. The molecule has 1 aromatic carbocycles. The minimum Gasteiger partial charge on any atom is -0.494 e. The fourth-order valence-electron chi connectivity index (χ4n) is 3.18. The van der Waals surface area contributed by atoms with Gasteiger partial charge in [-0.15, -0.1) is 12.4 Å². The fourth-order valence-corrected chi connectivity index (χ4v) is 3.18. The van der Waals surface area contributed by atoms with Crippen molar-refractivity contribution in [2.24, 2.45) is 0 Å². The molecule has 1 aliphatic heterocycles. The molecule has 0 saturated carbocycles. The summed E-state index contributed by atoms with van der Waals surface area (Å²) in [6.45, 7) is 3.92. The zero-order chi connectivity index (χ0) is 20.8. The first-order valence-electron chi connectivity index (χ1n) is 9.57. The highest BCUT2D eigenvalue weighted by atomic mass is 35.5. The third kappa shape index (κ3) is 6.05. The summed E-state index contributed by atoms with van der Waals surface area (Å²) in [6, 6.07) is 9.66. The SMILES string of the molecule is CCOc1ccccc1CN(C)C(=O)C=Cc1cnc2c(c1)CN(C)CC(=O)N2.Cl. The summed E-state index contributed by atoms with van der Waals surface area (Å²) in [5, 5.41) is 2.80. The van der Waals surface area contributed by atoms with E-state index < -0.39 is 0 Å². The van der Waals surface area contributed by atoms with Gasteiger partial charge in [-0.1, -0.05) is 18.2 Å². The Hall–Kier alpha value is -2.90. The smallest absolute Gasteiger partial charge is 0.246 e. The van der Waals surface area contributed by atoms with Gasteiger partial charge in [-0.2, -0.15) is 0 Å². The van der Waals surface area contributed by atoms with E-state index in [-0.39, 0.29) is 24.2 Å². The molecule has 8 heteroatoms. The van der Waals surface area contributed by atoms with E-state index >= 15 is 0 Å². The number of likely N-dealkylation sites (N-methyl/N-ethyl adjacent to an activating group) is 2. The lowest BCUT2D eigenvalue weighted by atomic mass is 10.1. The van der Waals surface area contributed by atoms with E-state index in [0.717, 1.165) is 22.4 Å². The van der Waals surface area contributed by atoms with Crippen molar-refractivity contribution in [3.8, 4) is 5.75 Å². The minimum absolute atomic E-state index is 0. The average molecular weight is 431 g/mol. The summed E-state index contributed by atoms with van der Waals surface area (Å²) in [4.78, 5) is 32.2. The number of para-hydroxylation sites is 1. The van der Waals surface area contributed by atoms with Crippen LogP contribution >= 0.6 is 12.4 Å². The molecule has 0 bridgehead atoms. The number of anilines is 1. The van der Waals surface area contributed by atoms with E-state index in [1.165, 1.54) is 6.08 Å². The number of nitrogens with zero attached hydrogens (tertiary/aromatic N) is 3. The van der Waals surface area contributed by atoms with Crippen molar-refractivity contribution in [2.45, 2.75) is 20.0 Å². The molecule has 0 unspecified atom stereocenters. The van der Waals surface area contributed by atoms with Crippen LogP contribution in [0.25, 0.3) is 6.08 Å². The maximum atomic E-state index is 12.5. The van der Waals surface area contributed by atoms with Crippen molar-refractivity contribution in [1.29, 1.82) is 0 Å². The molecule has 0 spiro atoms. The van der Waals surface area contributed by atoms with Gasteiger partial charge in [0.15, 0.2) is 0 Å². The van der Waals surface area contributed by atoms with Crippen LogP contribution in [0.1, 0.15) is 23.6 Å². The number of nitrogens with one attached hydrogen (secondary N) is 1. The minimum atomic E-state index is -0.114. The fraction of sp³-hybridized carbons (Fsp3) is 0.318. The molecule has 160 valence electrons. The lowest BCUT2D eigenvalue weighted by molar-refractivity contribution is -0.125. The second-order valence-corrected chi connectivity index (χ2v) is 7.07. The molecule has 30 heavy (non-hydrogen) atoms. The van der Waals surface area contributed by atoms with E-state index in [9.17, 15) is 9.59 Å². The van der Waals surface area contributed by atoms with Gasteiger partial charge in [0.2, 0.25) is 11.8 Å². The van der Waals surface area contributed by atoms with Gasteiger partial charge in [-0.05, 0) is 37.7 Å². The molecular weight excluding hydrogens is 404 g/mol. The third-order valence-electron chi connectivity index (χ3n) is 4.57. The van der Waals surface area contributed by atoms with Crippen LogP contribution in [0.3, 0.4) is 0 Å². The van der Waals surface area contributed by atoms with E-state index in [0.29, 0.717) is 32.1 Å². The quantitative estimate of drug-likeness (QED) is 0.713. The molecule has 2 amide bonds. The van der Waals surface area contributed by atoms with Crippen molar-refractivity contribution in [2.75, 3.05) is 32.6 Å². The highest BCUT2D eigenvalue weighted by Gasteiger charge is 2.17. The first-order chi connectivity index (χ1) is 14.0. The van der Waals surface area contributed by atoms with Crippen LogP contribution in [-0.2, 0) is 22.7 Å². The molecule has 1 aromatic heterocycles. The van der Waals surface area contributed by atoms with Crippen LogP contribution < -0.4 is 10.1 Å². The Morgan fingerprint density at radius 2 is 2.10 bits per heavy atom. The Morgan fingerprint density at radius 3 is 2.87 bits per heavy atom. The molecule has 0 saturated heterocycles. The van der Waals surface area contributed by atoms with E-state index in [4.69, 9.17) is 4.74 Å². The summed E-state index contributed by atoms with van der Waals surface area (Å²) in [5.74, 6) is 1.18. The normalized spacial score (nSPS) is 13.8. The highest BCUT2D eigenvalue weighted by molar-refractivity contribution is 5.93. The van der Waals surface area contributed by atoms with E-state index in [2.05, 4.69) is 10.3 Å². The first-order valence-corrected chi connectivity index (χ1v) is 9.57. The molecule has 1 aliphatic rings. The standard InChI is InChI=1S/C22H26N4O3.ClH/c1-4-29-19-8-6-5-7-17(19)14-26(3)21(28)10-9-16-11-18-13-25(2)15-20(27)24-22(18)23-12-16;/h5-12H,4,13-15H2,1-3H3,(H,23,24,27);1H. The molecule has 3 rings (SSSR count). The van der Waals surface area contributed by atoms with Gasteiger partial charge >= 0.3 is 0 Å². The van der Waals surface area contributed by atoms with Gasteiger partial charge in [0, 0.05) is 43.5 Å². The number of halogens is 1. The van der Waals surface area contributed by atoms with Gasteiger partial charge in [-0.3, -0.25) is 14.5 Å². The van der Waals surface area contributed by atoms with E-state index in [1.54, 1.807) is 24.2 Å². The summed E-state index contributed by atoms with van der Waals surface area (Å²) in [5.41, 5.74) is 2.70. The van der Waals surface area contributed by atoms with Crippen LogP contribution in [0.5, 0.6) is 5.75 Å². The number of hydrogen-bond acceptors (Lipinski definition) is 5. The number of benzene rings is 1. The summed E-state index contributed by atoms with van der Waals surface area (Å²) in [7, 11) is 3.64. The van der Waals surface area contributed by atoms with Gasteiger partial charge in [-0.25, -0.2) is 4.98 Å². The molecule has 1 N–H and O–H groups in total. The van der Waals surface area contributed by atoms with Crippen LogP contribution in [0.2, 0.25) is 0 Å². The Labute approximate surface area is 183 Å². The summed E-state index contributed by atoms with van der Waals surface area (Å²) in [6.07, 6.45) is 4.93. The van der Waals surface area contributed by atoms with Crippen molar-refractivity contribution < 1.29 is 14.3 Å². The molecular formula is C22H27ClN4O3. The maximum absolute atomic E-state index is 12.5. The molecule has 2 aromatic rings. The number of carbonyl (C=O) groups is 2. The second kappa shape index (κ2) is 10.8. The second-order valence-electron chi connectivity index (χ2n) is 7.07. The number of amides is 2. The Balaban J connectivity index is 0.00000320. The van der Waals surface area contributed by atoms with Gasteiger partial charge in [0.25, 0.3) is 0 Å². The average Bonchev–Trinajstić information content (AvgIpc) is 2.83. The van der Waals surface area contributed by atoms with Crippen molar-refractivity contribution >= 4 is 36.1 Å². The Kier molecular flexibility index (Phi) is 8.38. The van der Waals surface area contributed by atoms with Crippen molar-refractivity contribution in [1.82, 2.24) is 14.8 Å². The number of carbonyl (C=O) groups excluding carboxylic acids is 2. The zero-order valence-corrected chi connectivity index (χ0v) is 18.2. The molecule has 7 nitrogen and oxygen atoms in total. The van der Waals surface area contributed by atoms with Crippen molar-refractivity contribution in [3.05, 3.63) is 59.3 Å². The number of hydrogen-bond donors (Lipinski definition) is 1. The monoisotopic (exact) mass is 430 g/mol. The lowest BCUT2D eigenvalue weighted by Crippen LogP contribution is -2.26. The van der Waals surface area contributed by atoms with Gasteiger partial charge < -0.3 is 15.0 Å². The predicted octanol–water partition coefficient (Wildman–Crippen LogP) is 2.96. The zero-order valence-electron chi connectivity index (χ0n) is 17.4. The molecule has 0 radical (unpaired) electrons. The predicted molar refractivity (Wildman–Crippen MR) is 120 cm³/mol. The summed E-state index contributed by atoms with van der Waals surface area (Å²) < 4.78 is 5.63. The van der Waals surface area contributed by atoms with Crippen LogP contribution in [-0.4, -0.2) is 53.8 Å². The molecule has 0 aliphatic carbocycles. The van der Waals surface area contributed by atoms with E-state index in [1.807, 2.05) is 49.2 Å². The lowest BCUT2D eigenvalue weighted by Gasteiger charge is -2.17. The largest absolute Gasteiger partial charge is 0.494 e. The van der Waals surface area contributed by atoms with Crippen LogP contribution in [0.4, 0.5) is 5.82 Å². The van der Waals surface area contributed by atoms with Crippen LogP contribution in [0, 0.1) is 0 Å². The number of fused-ring (bicyclic) bond motifs is 1. The maximum Gasteiger partial charge on any atom is 0.246 e. The number of pyridine rings is 1. The highest BCUT2D eigenvalue weighted by Crippen LogP contribution is 2.21. The van der Waals surface area contributed by atoms with Gasteiger partial charge in [0.1, 0.15) is 11.6 Å². The number of rotatable bonds is 6. The van der Waals surface area contributed by atoms with Gasteiger partial charge in [0.05, 0.1) is 13.2 Å². The number of aromatic nitrogens is 1. The first kappa shape index (κ1) is 23.4. The number of ether oxygens (including phenoxy) is 1. The topological polar surface area (TPSA) is 74.8 Å². The Morgan fingerprint density at radius 1 is 1.33 bits per heavy atom. The Bertz CT molecular complexity index is 932. The molecule has 0 fully saturated rings. The third-order valence-corrected chi connectivity index (χ3v) is 4.57. The van der Waals surface area contributed by atoms with Crippen molar-refractivity contribution in [3.63, 3.8) is 0 Å². The molecule has 0 atom stereocenters. The molecule has 2 heterocycles.